The lowest BCUT2D eigenvalue weighted by Crippen LogP contribution is -2.48. The van der Waals surface area contributed by atoms with Gasteiger partial charge in [-0.05, 0) is 36.0 Å². The van der Waals surface area contributed by atoms with Crippen molar-refractivity contribution in [2.45, 2.75) is 46.1 Å². The summed E-state index contributed by atoms with van der Waals surface area (Å²) in [5.41, 5.74) is 0.608. The molecule has 20 heavy (non-hydrogen) atoms. The zero-order valence-electron chi connectivity index (χ0n) is 13.1. The third-order valence-corrected chi connectivity index (χ3v) is 6.59. The van der Waals surface area contributed by atoms with Gasteiger partial charge in [0, 0.05) is 26.2 Å². The molecule has 2 bridgehead atoms. The van der Waals surface area contributed by atoms with E-state index < -0.39 is 0 Å². The number of ether oxygens (including phenoxy) is 1. The van der Waals surface area contributed by atoms with Crippen LogP contribution in [-0.4, -0.2) is 49.7 Å². The molecule has 2 saturated carbocycles. The molecule has 0 aromatic carbocycles. The van der Waals surface area contributed by atoms with Gasteiger partial charge in [0.1, 0.15) is 6.61 Å². The smallest absolute Gasteiger partial charge is 0.248 e. The molecule has 4 nitrogen and oxygen atoms in total. The highest BCUT2D eigenvalue weighted by Gasteiger charge is 2.61. The Bertz CT molecular complexity index is 390. The Balaban J connectivity index is 1.56. The lowest BCUT2D eigenvalue weighted by Gasteiger charge is -2.39. The van der Waals surface area contributed by atoms with Gasteiger partial charge in [0.25, 0.3) is 0 Å². The average Bonchev–Trinajstić information content (AvgIpc) is 2.78. The summed E-state index contributed by atoms with van der Waals surface area (Å²) in [6, 6.07) is 0. The maximum absolute atomic E-state index is 12.2. The van der Waals surface area contributed by atoms with Crippen molar-refractivity contribution in [2.24, 2.45) is 16.7 Å². The predicted molar refractivity (Wildman–Crippen MR) is 78.4 cm³/mol. The molecule has 1 aliphatic heterocycles. The normalized spacial score (nSPS) is 39.2. The molecule has 0 spiro atoms. The highest BCUT2D eigenvalue weighted by Crippen LogP contribution is 2.66. The maximum atomic E-state index is 12.2. The second-order valence-electron chi connectivity index (χ2n) is 7.54. The van der Waals surface area contributed by atoms with E-state index in [4.69, 9.17) is 4.74 Å². The van der Waals surface area contributed by atoms with Crippen molar-refractivity contribution < 1.29 is 9.53 Å². The van der Waals surface area contributed by atoms with Crippen LogP contribution in [0.3, 0.4) is 0 Å². The number of piperazine rings is 1. The number of rotatable bonds is 3. The van der Waals surface area contributed by atoms with Crippen LogP contribution in [0.5, 0.6) is 0 Å². The van der Waals surface area contributed by atoms with Gasteiger partial charge in [-0.2, -0.15) is 0 Å². The van der Waals surface area contributed by atoms with E-state index >= 15 is 0 Å². The highest BCUT2D eigenvalue weighted by atomic mass is 16.5. The predicted octanol–water partition coefficient (Wildman–Crippen LogP) is 1.65. The van der Waals surface area contributed by atoms with Gasteiger partial charge in [0.05, 0.1) is 6.10 Å². The van der Waals surface area contributed by atoms with Gasteiger partial charge in [0.2, 0.25) is 5.91 Å². The number of amides is 1. The summed E-state index contributed by atoms with van der Waals surface area (Å²) < 4.78 is 6.08. The Morgan fingerprint density at radius 2 is 2.00 bits per heavy atom. The molecule has 3 aliphatic rings. The molecule has 0 aromatic rings. The molecule has 1 amide bonds. The molecule has 3 fully saturated rings. The van der Waals surface area contributed by atoms with Crippen LogP contribution in [0.15, 0.2) is 0 Å². The first kappa shape index (κ1) is 14.3. The van der Waals surface area contributed by atoms with Crippen LogP contribution in [0.2, 0.25) is 0 Å². The number of hydrogen-bond donors (Lipinski definition) is 1. The van der Waals surface area contributed by atoms with Crippen molar-refractivity contribution in [1.82, 2.24) is 10.2 Å². The third-order valence-electron chi connectivity index (χ3n) is 6.59. The number of nitrogens with one attached hydrogen (secondary N) is 1. The Hall–Kier alpha value is -0.610. The van der Waals surface area contributed by atoms with Crippen LogP contribution < -0.4 is 5.32 Å². The van der Waals surface area contributed by atoms with Crippen molar-refractivity contribution >= 4 is 5.91 Å². The second kappa shape index (κ2) is 4.99. The van der Waals surface area contributed by atoms with Crippen LogP contribution in [-0.2, 0) is 9.53 Å². The molecule has 3 atom stereocenters. The largest absolute Gasteiger partial charge is 0.368 e. The van der Waals surface area contributed by atoms with E-state index in [1.807, 2.05) is 4.90 Å². The fourth-order valence-electron chi connectivity index (χ4n) is 4.56. The molecule has 3 rings (SSSR count). The lowest BCUT2D eigenvalue weighted by atomic mass is 9.70. The first-order chi connectivity index (χ1) is 9.45. The molecule has 0 aromatic heterocycles. The van der Waals surface area contributed by atoms with Gasteiger partial charge in [-0.15, -0.1) is 0 Å². The first-order valence-corrected chi connectivity index (χ1v) is 8.05. The molecular formula is C16H28N2O2. The van der Waals surface area contributed by atoms with Crippen LogP contribution in [0.25, 0.3) is 0 Å². The van der Waals surface area contributed by atoms with E-state index in [1.165, 1.54) is 12.8 Å². The summed E-state index contributed by atoms with van der Waals surface area (Å²) in [4.78, 5) is 14.1. The standard InChI is InChI=1S/C16H28N2O2/c1-15(2)12-4-5-16(15,3)13(10-12)20-11-14(19)18-8-6-17-7-9-18/h12-13,17H,4-11H2,1-3H3. The van der Waals surface area contributed by atoms with E-state index in [0.29, 0.717) is 5.41 Å². The van der Waals surface area contributed by atoms with Gasteiger partial charge in [-0.3, -0.25) is 4.79 Å². The summed E-state index contributed by atoms with van der Waals surface area (Å²) in [5.74, 6) is 0.933. The minimum atomic E-state index is 0.163. The number of carbonyl (C=O) groups excluding carboxylic acids is 1. The number of nitrogens with zero attached hydrogens (tertiary/aromatic N) is 1. The van der Waals surface area contributed by atoms with Gasteiger partial charge in [0.15, 0.2) is 0 Å². The topological polar surface area (TPSA) is 41.6 Å². The van der Waals surface area contributed by atoms with Gasteiger partial charge < -0.3 is 15.0 Å². The molecule has 4 heteroatoms. The second-order valence-corrected chi connectivity index (χ2v) is 7.54. The lowest BCUT2D eigenvalue weighted by molar-refractivity contribution is -0.142. The number of carbonyl (C=O) groups is 1. The van der Waals surface area contributed by atoms with E-state index in [2.05, 4.69) is 26.1 Å². The summed E-state index contributed by atoms with van der Waals surface area (Å²) in [6.07, 6.45) is 3.98. The Morgan fingerprint density at radius 1 is 1.30 bits per heavy atom. The average molecular weight is 280 g/mol. The molecule has 1 heterocycles. The van der Waals surface area contributed by atoms with Gasteiger partial charge in [-0.25, -0.2) is 0 Å². The van der Waals surface area contributed by atoms with Gasteiger partial charge in [-0.1, -0.05) is 20.8 Å². The number of hydrogen-bond acceptors (Lipinski definition) is 3. The fraction of sp³-hybridized carbons (Fsp3) is 0.938. The SMILES string of the molecule is CC1(C)C2CCC1(C)C(OCC(=O)N1CCNCC1)C2. The zero-order valence-corrected chi connectivity index (χ0v) is 13.1. The summed E-state index contributed by atoms with van der Waals surface area (Å²) >= 11 is 0. The van der Waals surface area contributed by atoms with Crippen molar-refractivity contribution in [3.05, 3.63) is 0 Å². The molecule has 0 radical (unpaired) electrons. The minimum Gasteiger partial charge on any atom is -0.368 e. The monoisotopic (exact) mass is 280 g/mol. The molecule has 3 unspecified atom stereocenters. The van der Waals surface area contributed by atoms with Crippen LogP contribution in [0, 0.1) is 16.7 Å². The van der Waals surface area contributed by atoms with Crippen LogP contribution >= 0.6 is 0 Å². The first-order valence-electron chi connectivity index (χ1n) is 8.05. The summed E-state index contributed by atoms with van der Waals surface area (Å²) in [6.45, 7) is 10.8. The van der Waals surface area contributed by atoms with E-state index in [0.717, 1.165) is 38.5 Å². The van der Waals surface area contributed by atoms with Crippen molar-refractivity contribution in [2.75, 3.05) is 32.8 Å². The molecule has 1 saturated heterocycles. The molecule has 1 N–H and O–H groups in total. The van der Waals surface area contributed by atoms with E-state index in [-0.39, 0.29) is 24.0 Å². The molecule has 114 valence electrons. The van der Waals surface area contributed by atoms with E-state index in [9.17, 15) is 4.79 Å². The van der Waals surface area contributed by atoms with Crippen molar-refractivity contribution in [3.63, 3.8) is 0 Å². The summed E-state index contributed by atoms with van der Waals surface area (Å²) in [7, 11) is 0. The Morgan fingerprint density at radius 3 is 2.55 bits per heavy atom. The molecule has 2 aliphatic carbocycles. The van der Waals surface area contributed by atoms with Crippen LogP contribution in [0.1, 0.15) is 40.0 Å². The van der Waals surface area contributed by atoms with Crippen LogP contribution in [0.4, 0.5) is 0 Å². The molecular weight excluding hydrogens is 252 g/mol. The van der Waals surface area contributed by atoms with Crippen molar-refractivity contribution in [1.29, 1.82) is 0 Å². The third kappa shape index (κ3) is 2.08. The minimum absolute atomic E-state index is 0.163. The summed E-state index contributed by atoms with van der Waals surface area (Å²) in [5, 5.41) is 3.27. The van der Waals surface area contributed by atoms with E-state index in [1.54, 1.807) is 0 Å². The van der Waals surface area contributed by atoms with Gasteiger partial charge >= 0.3 is 0 Å². The fourth-order valence-corrected chi connectivity index (χ4v) is 4.56. The number of fused-ring (bicyclic) bond motifs is 2. The maximum Gasteiger partial charge on any atom is 0.248 e. The quantitative estimate of drug-likeness (QED) is 0.854. The highest BCUT2D eigenvalue weighted by molar-refractivity contribution is 5.77. The Labute approximate surface area is 122 Å². The Kier molecular flexibility index (Phi) is 3.57. The van der Waals surface area contributed by atoms with Crippen molar-refractivity contribution in [3.8, 4) is 0 Å². The zero-order chi connectivity index (χ0) is 14.4.